The fraction of sp³-hybridized carbons (Fsp3) is 0.0123. The lowest BCUT2D eigenvalue weighted by atomic mass is 9.96. The Labute approximate surface area is 525 Å². The van der Waals surface area contributed by atoms with Gasteiger partial charge in [0.15, 0.2) is 0 Å². The molecule has 0 bridgehead atoms. The van der Waals surface area contributed by atoms with Gasteiger partial charge in [0.05, 0.1) is 61.8 Å². The summed E-state index contributed by atoms with van der Waals surface area (Å²) in [7, 11) is 0. The summed E-state index contributed by atoms with van der Waals surface area (Å²) < 4.78 is 89.2. The number of rotatable bonds is 11. The predicted molar refractivity (Wildman–Crippen MR) is 360 cm³/mol. The van der Waals surface area contributed by atoms with E-state index in [0.29, 0.717) is 43.6 Å². The Hall–Kier alpha value is -12.0. The van der Waals surface area contributed by atoms with Crippen LogP contribution in [0.3, 0.4) is 0 Å². The van der Waals surface area contributed by atoms with E-state index >= 15 is 22.0 Å². The Morgan fingerprint density at radius 1 is 0.272 bits per heavy atom. The largest absolute Gasteiger partial charge is 0.420 e. The number of aromatic nitrogens is 6. The first-order valence-electron chi connectivity index (χ1n) is 30.0. The monoisotopic (exact) mass is 1200 g/mol. The third-order valence-corrected chi connectivity index (χ3v) is 17.3. The molecule has 6 nitrogen and oxygen atoms in total. The number of hydrogen-bond acceptors (Lipinski definition) is 4. The third kappa shape index (κ3) is 9.84. The fourth-order valence-corrected chi connectivity index (χ4v) is 12.9. The van der Waals surface area contributed by atoms with Crippen molar-refractivity contribution in [3.8, 4) is 112 Å². The van der Waals surface area contributed by atoms with Crippen molar-refractivity contribution >= 4 is 43.6 Å². The minimum Gasteiger partial charge on any atom is -0.309 e. The molecule has 10 aromatic carbocycles. The second-order valence-electron chi connectivity index (χ2n) is 22.7. The maximum absolute atomic E-state index is 17.5. The van der Waals surface area contributed by atoms with Gasteiger partial charge in [-0.25, -0.2) is 8.78 Å². The van der Waals surface area contributed by atoms with Gasteiger partial charge in [-0.15, -0.1) is 0 Å². The van der Waals surface area contributed by atoms with Crippen LogP contribution < -0.4 is 0 Å². The van der Waals surface area contributed by atoms with Crippen molar-refractivity contribution in [2.45, 2.75) is 6.18 Å². The van der Waals surface area contributed by atoms with Crippen LogP contribution in [0, 0.1) is 11.6 Å². The van der Waals surface area contributed by atoms with Crippen molar-refractivity contribution in [1.82, 2.24) is 29.1 Å². The Kier molecular flexibility index (Phi) is 13.6. The van der Waals surface area contributed by atoms with Gasteiger partial charge in [-0.05, 0) is 119 Å². The summed E-state index contributed by atoms with van der Waals surface area (Å²) in [5, 5.41) is 2.50. The Balaban J connectivity index is 0.945. The molecule has 0 fully saturated rings. The van der Waals surface area contributed by atoms with Crippen molar-refractivity contribution in [2.24, 2.45) is 0 Å². The van der Waals surface area contributed by atoms with Gasteiger partial charge in [-0.1, -0.05) is 176 Å². The number of halogens is 5. The Morgan fingerprint density at radius 3 is 0.870 bits per heavy atom. The van der Waals surface area contributed by atoms with Crippen LogP contribution >= 0.6 is 0 Å². The molecule has 0 saturated heterocycles. The molecule has 438 valence electrons. The molecule has 6 aromatic heterocycles. The molecule has 0 spiro atoms. The molecular formula is C81H49F5N6. The summed E-state index contributed by atoms with van der Waals surface area (Å²) in [6, 6.07) is 83.8. The maximum atomic E-state index is 17.5. The molecule has 0 radical (unpaired) electrons. The van der Waals surface area contributed by atoms with Crippen molar-refractivity contribution in [3.05, 3.63) is 315 Å². The van der Waals surface area contributed by atoms with Crippen LogP contribution in [0.25, 0.3) is 156 Å². The molecule has 16 rings (SSSR count). The second-order valence-corrected chi connectivity index (χ2v) is 22.7. The molecule has 0 aliphatic rings. The number of pyridine rings is 4. The van der Waals surface area contributed by atoms with Crippen molar-refractivity contribution < 1.29 is 22.0 Å². The predicted octanol–water partition coefficient (Wildman–Crippen LogP) is 21.8. The molecule has 0 amide bonds. The summed E-state index contributed by atoms with van der Waals surface area (Å²) in [6.07, 6.45) is 2.01. The zero-order valence-corrected chi connectivity index (χ0v) is 48.9. The van der Waals surface area contributed by atoms with E-state index in [1.807, 2.05) is 231 Å². The van der Waals surface area contributed by atoms with Crippen LogP contribution in [0.1, 0.15) is 5.56 Å². The number of fused-ring (bicyclic) bond motifs is 6. The van der Waals surface area contributed by atoms with Crippen molar-refractivity contribution in [2.75, 3.05) is 0 Å². The standard InChI is InChI=1S/C81H49F5N6/c82-67-22-13-23-68(83)78(67)62-32-41-77(91-73-37-28-54(58-24-33-69(87-46-58)50-14-5-1-6-15-50)42-63(73)64-43-55(29-38-74(64)91)59-25-34-70(88-47-59)51-16-7-2-8-17-51)79(81(84,85)86)80(62)92-75-39-30-56(60-26-35-71(89-48-60)52-18-9-3-10-19-52)44-65(75)66-45-57(31-40-76(66)92)61-27-36-72(90-49-61)53-20-11-4-12-21-53/h1-49H. The molecule has 11 heteroatoms. The third-order valence-electron chi connectivity index (χ3n) is 17.3. The molecule has 0 N–H and O–H groups in total. The van der Waals surface area contributed by atoms with E-state index in [2.05, 4.69) is 0 Å². The van der Waals surface area contributed by atoms with Crippen molar-refractivity contribution in [3.63, 3.8) is 0 Å². The number of nitrogens with zero attached hydrogens (tertiary/aromatic N) is 6. The van der Waals surface area contributed by atoms with Crippen molar-refractivity contribution in [1.29, 1.82) is 0 Å². The van der Waals surface area contributed by atoms with E-state index in [0.717, 1.165) is 102 Å². The summed E-state index contributed by atoms with van der Waals surface area (Å²) in [5.41, 5.74) is 12.1. The zero-order valence-electron chi connectivity index (χ0n) is 48.9. The van der Waals surface area contributed by atoms with E-state index in [9.17, 15) is 0 Å². The van der Waals surface area contributed by atoms with Crippen LogP contribution in [0.4, 0.5) is 22.0 Å². The molecule has 92 heavy (non-hydrogen) atoms. The Morgan fingerprint density at radius 2 is 0.576 bits per heavy atom. The lowest BCUT2D eigenvalue weighted by molar-refractivity contribution is -0.137. The molecule has 16 aromatic rings. The van der Waals surface area contributed by atoms with Crippen LogP contribution in [-0.4, -0.2) is 29.1 Å². The van der Waals surface area contributed by atoms with E-state index < -0.39 is 34.6 Å². The quantitative estimate of drug-likeness (QED) is 0.121. The van der Waals surface area contributed by atoms with Gasteiger partial charge < -0.3 is 9.13 Å². The summed E-state index contributed by atoms with van der Waals surface area (Å²) >= 11 is 0. The van der Waals surface area contributed by atoms with Crippen LogP contribution in [-0.2, 0) is 6.18 Å². The van der Waals surface area contributed by atoms with Gasteiger partial charge >= 0.3 is 6.18 Å². The molecule has 0 aliphatic carbocycles. The lowest BCUT2D eigenvalue weighted by Gasteiger charge is -2.24. The maximum Gasteiger partial charge on any atom is 0.420 e. The highest BCUT2D eigenvalue weighted by Crippen LogP contribution is 2.50. The van der Waals surface area contributed by atoms with Gasteiger partial charge in [-0.3, -0.25) is 19.9 Å². The van der Waals surface area contributed by atoms with E-state index in [1.54, 1.807) is 41.5 Å². The van der Waals surface area contributed by atoms with Crippen LogP contribution in [0.5, 0.6) is 0 Å². The van der Waals surface area contributed by atoms with E-state index in [-0.39, 0.29) is 11.3 Å². The molecular weight excluding hydrogens is 1150 g/mol. The highest BCUT2D eigenvalue weighted by molar-refractivity contribution is 6.14. The SMILES string of the molecule is Fc1cccc(F)c1-c1ccc(-n2c3ccc(-c4ccc(-c5ccccc5)nc4)cc3c3cc(-c4ccc(-c5ccccc5)nc4)ccc32)c(C(F)(F)F)c1-n1c2ccc(-c3ccc(-c4ccccc4)nc3)cc2c2cc(-c3ccc(-c4ccccc4)nc3)ccc21. The minimum absolute atomic E-state index is 0.256. The second kappa shape index (κ2) is 22.6. The first-order chi connectivity index (χ1) is 45.1. The molecule has 0 atom stereocenters. The summed E-state index contributed by atoms with van der Waals surface area (Å²) in [4.78, 5) is 19.3. The number of benzene rings is 10. The average Bonchev–Trinajstić information content (AvgIpc) is 1.47. The van der Waals surface area contributed by atoms with E-state index in [1.165, 1.54) is 22.8 Å². The Bertz CT molecular complexity index is 5160. The highest BCUT2D eigenvalue weighted by atomic mass is 19.4. The molecule has 6 heterocycles. The van der Waals surface area contributed by atoms with Gasteiger partial charge in [0.2, 0.25) is 0 Å². The molecule has 0 saturated carbocycles. The van der Waals surface area contributed by atoms with Gasteiger partial charge in [0, 0.05) is 96.4 Å². The first kappa shape index (κ1) is 55.4. The zero-order chi connectivity index (χ0) is 62.0. The minimum atomic E-state index is -5.16. The van der Waals surface area contributed by atoms with Gasteiger partial charge in [-0.2, -0.15) is 13.2 Å². The highest BCUT2D eigenvalue weighted by Gasteiger charge is 2.41. The average molecular weight is 1200 g/mol. The van der Waals surface area contributed by atoms with Gasteiger partial charge in [0.1, 0.15) is 17.2 Å². The van der Waals surface area contributed by atoms with Crippen LogP contribution in [0.15, 0.2) is 298 Å². The van der Waals surface area contributed by atoms with E-state index in [4.69, 9.17) is 19.9 Å². The topological polar surface area (TPSA) is 61.4 Å². The summed E-state index contributed by atoms with van der Waals surface area (Å²) in [5.74, 6) is -2.05. The van der Waals surface area contributed by atoms with Crippen LogP contribution in [0.2, 0.25) is 0 Å². The smallest absolute Gasteiger partial charge is 0.309 e. The van der Waals surface area contributed by atoms with Gasteiger partial charge in [0.25, 0.3) is 0 Å². The number of hydrogen-bond donors (Lipinski definition) is 0. The summed E-state index contributed by atoms with van der Waals surface area (Å²) in [6.45, 7) is 0. The fourth-order valence-electron chi connectivity index (χ4n) is 12.9. The molecule has 0 aliphatic heterocycles. The lowest BCUT2D eigenvalue weighted by Crippen LogP contribution is -2.17. The number of alkyl halides is 3. The molecule has 0 unspecified atom stereocenters. The normalized spacial score (nSPS) is 11.8. The first-order valence-corrected chi connectivity index (χ1v) is 30.0.